The Hall–Kier alpha value is -2.80. The zero-order valence-corrected chi connectivity index (χ0v) is 16.9. The number of hydrogen-bond donors (Lipinski definition) is 2. The van der Waals surface area contributed by atoms with E-state index in [9.17, 15) is 4.79 Å². The topological polar surface area (TPSA) is 54.0 Å². The molecule has 138 valence electrons. The number of para-hydroxylation sites is 1. The van der Waals surface area contributed by atoms with Gasteiger partial charge in [0.25, 0.3) is 5.91 Å². The number of carbonyl (C=O) groups excluding carboxylic acids is 1. The van der Waals surface area contributed by atoms with E-state index in [1.807, 2.05) is 42.5 Å². The van der Waals surface area contributed by atoms with Gasteiger partial charge in [0.2, 0.25) is 0 Å². The Bertz CT molecular complexity index is 1140. The molecule has 1 heterocycles. The van der Waals surface area contributed by atoms with Crippen molar-refractivity contribution in [3.8, 4) is 10.6 Å². The molecule has 4 nitrogen and oxygen atoms in total. The summed E-state index contributed by atoms with van der Waals surface area (Å²) >= 11 is 12.7. The van der Waals surface area contributed by atoms with Crippen LogP contribution >= 0.6 is 35.2 Å². The van der Waals surface area contributed by atoms with Crippen molar-refractivity contribution in [3.05, 3.63) is 83.4 Å². The summed E-state index contributed by atoms with van der Waals surface area (Å²) in [4.78, 5) is 16.9. The van der Waals surface area contributed by atoms with E-state index in [2.05, 4.69) is 21.7 Å². The van der Waals surface area contributed by atoms with Gasteiger partial charge in [-0.15, -0.1) is 11.3 Å². The number of fused-ring (bicyclic) bond motifs is 1. The van der Waals surface area contributed by atoms with Gasteiger partial charge in [-0.2, -0.15) is 0 Å². The standard InChI is InChI=1S/C21H14ClN3OS2/c22-15-10-8-13(9-11-15)19(26)25-21(27)23-16-5-3-4-14(12-16)20-24-17-6-1-2-7-18(17)28-20/h1-12H,(H2,23,25,26,27). The Morgan fingerprint density at radius 3 is 2.57 bits per heavy atom. The maximum atomic E-state index is 12.3. The number of nitrogens with one attached hydrogen (secondary N) is 2. The molecule has 0 aliphatic heterocycles. The number of anilines is 1. The highest BCUT2D eigenvalue weighted by molar-refractivity contribution is 7.80. The molecule has 1 aromatic heterocycles. The van der Waals surface area contributed by atoms with Crippen LogP contribution in [0, 0.1) is 0 Å². The van der Waals surface area contributed by atoms with Gasteiger partial charge in [-0.05, 0) is 60.7 Å². The molecule has 1 amide bonds. The van der Waals surface area contributed by atoms with Gasteiger partial charge in [-0.25, -0.2) is 4.98 Å². The van der Waals surface area contributed by atoms with Crippen LogP contribution in [0.1, 0.15) is 10.4 Å². The van der Waals surface area contributed by atoms with Crippen molar-refractivity contribution in [2.24, 2.45) is 0 Å². The van der Waals surface area contributed by atoms with Gasteiger partial charge in [0.05, 0.1) is 10.2 Å². The molecule has 0 aliphatic rings. The normalized spacial score (nSPS) is 10.6. The molecule has 7 heteroatoms. The van der Waals surface area contributed by atoms with E-state index >= 15 is 0 Å². The summed E-state index contributed by atoms with van der Waals surface area (Å²) in [5.41, 5.74) is 3.22. The van der Waals surface area contributed by atoms with Crippen LogP contribution in [0.3, 0.4) is 0 Å². The van der Waals surface area contributed by atoms with Crippen LogP contribution in [0.4, 0.5) is 5.69 Å². The zero-order valence-electron chi connectivity index (χ0n) is 14.5. The summed E-state index contributed by atoms with van der Waals surface area (Å²) in [6, 6.07) is 22.4. The molecule has 0 aliphatic carbocycles. The van der Waals surface area contributed by atoms with Crippen molar-refractivity contribution in [2.45, 2.75) is 0 Å². The van der Waals surface area contributed by atoms with Crippen molar-refractivity contribution in [3.63, 3.8) is 0 Å². The molecule has 4 rings (SSSR count). The van der Waals surface area contributed by atoms with Gasteiger partial charge >= 0.3 is 0 Å². The third-order valence-corrected chi connectivity index (χ3v) is 5.54. The minimum atomic E-state index is -0.295. The average molecular weight is 424 g/mol. The van der Waals surface area contributed by atoms with E-state index in [-0.39, 0.29) is 11.0 Å². The predicted octanol–water partition coefficient (Wildman–Crippen LogP) is 5.74. The lowest BCUT2D eigenvalue weighted by atomic mass is 10.2. The number of aromatic nitrogens is 1. The van der Waals surface area contributed by atoms with Crippen molar-refractivity contribution in [1.29, 1.82) is 0 Å². The first-order valence-electron chi connectivity index (χ1n) is 8.42. The molecular weight excluding hydrogens is 410 g/mol. The minimum absolute atomic E-state index is 0.224. The molecule has 4 aromatic rings. The lowest BCUT2D eigenvalue weighted by Gasteiger charge is -2.10. The van der Waals surface area contributed by atoms with Crippen LogP contribution in [-0.2, 0) is 0 Å². The van der Waals surface area contributed by atoms with Crippen molar-refractivity contribution < 1.29 is 4.79 Å². The number of hydrogen-bond acceptors (Lipinski definition) is 4. The second-order valence-corrected chi connectivity index (χ2v) is 7.86. The third-order valence-electron chi connectivity index (χ3n) is 3.99. The summed E-state index contributed by atoms with van der Waals surface area (Å²) in [7, 11) is 0. The Kier molecular flexibility index (Phi) is 5.34. The van der Waals surface area contributed by atoms with E-state index in [1.54, 1.807) is 35.6 Å². The molecule has 28 heavy (non-hydrogen) atoms. The Balaban J connectivity index is 1.47. The number of benzene rings is 3. The fourth-order valence-electron chi connectivity index (χ4n) is 2.66. The average Bonchev–Trinajstić information content (AvgIpc) is 3.13. The van der Waals surface area contributed by atoms with Gasteiger partial charge in [0.1, 0.15) is 5.01 Å². The van der Waals surface area contributed by atoms with Gasteiger partial charge < -0.3 is 5.32 Å². The van der Waals surface area contributed by atoms with Gasteiger partial charge in [-0.3, -0.25) is 10.1 Å². The first kappa shape index (κ1) is 18.6. The SMILES string of the molecule is O=C(NC(=S)Nc1cccc(-c2nc3ccccc3s2)c1)c1ccc(Cl)cc1. The zero-order chi connectivity index (χ0) is 19.5. The minimum Gasteiger partial charge on any atom is -0.332 e. The number of thiocarbonyl (C=S) groups is 1. The summed E-state index contributed by atoms with van der Waals surface area (Å²) in [6.45, 7) is 0. The van der Waals surface area contributed by atoms with Crippen molar-refractivity contribution >= 4 is 62.1 Å². The number of thiazole rings is 1. The molecule has 0 atom stereocenters. The largest absolute Gasteiger partial charge is 0.332 e. The monoisotopic (exact) mass is 423 g/mol. The van der Waals surface area contributed by atoms with Crippen LogP contribution in [0.2, 0.25) is 5.02 Å². The maximum Gasteiger partial charge on any atom is 0.257 e. The molecule has 0 radical (unpaired) electrons. The highest BCUT2D eigenvalue weighted by Gasteiger charge is 2.10. The Morgan fingerprint density at radius 1 is 1.00 bits per heavy atom. The second-order valence-electron chi connectivity index (χ2n) is 5.98. The van der Waals surface area contributed by atoms with E-state index in [0.29, 0.717) is 10.6 Å². The van der Waals surface area contributed by atoms with Crippen LogP contribution in [0.5, 0.6) is 0 Å². The summed E-state index contributed by atoms with van der Waals surface area (Å²) in [5, 5.41) is 7.45. The summed E-state index contributed by atoms with van der Waals surface area (Å²) in [5.74, 6) is -0.295. The molecule has 0 unspecified atom stereocenters. The molecule has 0 saturated carbocycles. The molecule has 0 spiro atoms. The lowest BCUT2D eigenvalue weighted by Crippen LogP contribution is -2.34. The Morgan fingerprint density at radius 2 is 1.79 bits per heavy atom. The smallest absolute Gasteiger partial charge is 0.257 e. The van der Waals surface area contributed by atoms with E-state index < -0.39 is 0 Å². The van der Waals surface area contributed by atoms with Gasteiger partial charge in [0, 0.05) is 21.8 Å². The third kappa shape index (κ3) is 4.20. The fraction of sp³-hybridized carbons (Fsp3) is 0. The predicted molar refractivity (Wildman–Crippen MR) is 120 cm³/mol. The molecule has 3 aromatic carbocycles. The molecular formula is C21H14ClN3OS2. The first-order valence-corrected chi connectivity index (χ1v) is 10.0. The van der Waals surface area contributed by atoms with Crippen LogP contribution in [-0.4, -0.2) is 16.0 Å². The quantitative estimate of drug-likeness (QED) is 0.412. The van der Waals surface area contributed by atoms with Crippen LogP contribution < -0.4 is 10.6 Å². The highest BCUT2D eigenvalue weighted by atomic mass is 35.5. The van der Waals surface area contributed by atoms with Gasteiger partial charge in [-0.1, -0.05) is 35.9 Å². The number of halogens is 1. The molecule has 0 saturated heterocycles. The number of rotatable bonds is 3. The Labute approximate surface area is 176 Å². The van der Waals surface area contributed by atoms with E-state index in [0.717, 1.165) is 26.5 Å². The summed E-state index contributed by atoms with van der Waals surface area (Å²) in [6.07, 6.45) is 0. The molecule has 0 fully saturated rings. The number of amides is 1. The van der Waals surface area contributed by atoms with E-state index in [1.165, 1.54) is 0 Å². The first-order chi connectivity index (χ1) is 13.6. The van der Waals surface area contributed by atoms with Crippen molar-refractivity contribution in [2.75, 3.05) is 5.32 Å². The fourth-order valence-corrected chi connectivity index (χ4v) is 3.96. The lowest BCUT2D eigenvalue weighted by molar-refractivity contribution is 0.0978. The van der Waals surface area contributed by atoms with E-state index in [4.69, 9.17) is 23.8 Å². The summed E-state index contributed by atoms with van der Waals surface area (Å²) < 4.78 is 1.14. The number of nitrogens with zero attached hydrogens (tertiary/aromatic N) is 1. The van der Waals surface area contributed by atoms with Gasteiger partial charge in [0.15, 0.2) is 5.11 Å². The van der Waals surface area contributed by atoms with Crippen LogP contribution in [0.15, 0.2) is 72.8 Å². The molecule has 0 bridgehead atoms. The number of carbonyl (C=O) groups is 1. The molecule has 2 N–H and O–H groups in total. The van der Waals surface area contributed by atoms with Crippen LogP contribution in [0.25, 0.3) is 20.8 Å². The maximum absolute atomic E-state index is 12.3. The highest BCUT2D eigenvalue weighted by Crippen LogP contribution is 2.31. The second kappa shape index (κ2) is 8.06. The van der Waals surface area contributed by atoms with Crippen molar-refractivity contribution in [1.82, 2.24) is 10.3 Å².